The summed E-state index contributed by atoms with van der Waals surface area (Å²) in [6, 6.07) is 4.57. The zero-order valence-corrected chi connectivity index (χ0v) is 15.2. The summed E-state index contributed by atoms with van der Waals surface area (Å²) in [4.78, 5) is 23.7. The molecular formula is C15H18Cl2N2O4S. The molecule has 1 aliphatic rings. The lowest BCUT2D eigenvalue weighted by Gasteiger charge is -2.10. The highest BCUT2D eigenvalue weighted by atomic mass is 35.5. The van der Waals surface area contributed by atoms with Crippen LogP contribution in [0.25, 0.3) is 0 Å². The molecule has 9 heteroatoms. The van der Waals surface area contributed by atoms with Gasteiger partial charge < -0.3 is 10.6 Å². The van der Waals surface area contributed by atoms with Crippen molar-refractivity contribution in [3.8, 4) is 0 Å². The molecule has 1 saturated heterocycles. The molecule has 1 heterocycles. The molecule has 2 amide bonds. The summed E-state index contributed by atoms with van der Waals surface area (Å²) in [5, 5.41) is 5.99. The molecule has 1 atom stereocenters. The van der Waals surface area contributed by atoms with Gasteiger partial charge in [0.2, 0.25) is 5.91 Å². The highest BCUT2D eigenvalue weighted by Gasteiger charge is 2.29. The van der Waals surface area contributed by atoms with Crippen molar-refractivity contribution in [2.24, 2.45) is 5.92 Å². The van der Waals surface area contributed by atoms with Crippen LogP contribution in [0.4, 0.5) is 0 Å². The molecule has 0 radical (unpaired) electrons. The van der Waals surface area contributed by atoms with E-state index in [-0.39, 0.29) is 48.7 Å². The number of hydrogen-bond acceptors (Lipinski definition) is 4. The van der Waals surface area contributed by atoms with Gasteiger partial charge in [-0.2, -0.15) is 0 Å². The molecule has 6 nitrogen and oxygen atoms in total. The Bertz CT molecular complexity index is 737. The maximum Gasteiger partial charge on any atom is 0.251 e. The third-order valence-electron chi connectivity index (χ3n) is 3.72. The van der Waals surface area contributed by atoms with Gasteiger partial charge in [0.25, 0.3) is 5.91 Å². The molecule has 0 aromatic heterocycles. The van der Waals surface area contributed by atoms with Gasteiger partial charge in [0.1, 0.15) is 0 Å². The summed E-state index contributed by atoms with van der Waals surface area (Å²) in [6.45, 7) is 0.527. The van der Waals surface area contributed by atoms with Crippen molar-refractivity contribution in [1.82, 2.24) is 10.6 Å². The maximum absolute atomic E-state index is 11.9. The Balaban J connectivity index is 1.68. The Hall–Kier alpha value is -1.31. The maximum atomic E-state index is 11.9. The Morgan fingerprint density at radius 2 is 1.83 bits per heavy atom. The number of amides is 2. The van der Waals surface area contributed by atoms with Gasteiger partial charge in [0.05, 0.1) is 21.6 Å². The topological polar surface area (TPSA) is 92.3 Å². The van der Waals surface area contributed by atoms with Crippen LogP contribution >= 0.6 is 23.2 Å². The normalized spacial score (nSPS) is 19.0. The Morgan fingerprint density at radius 1 is 1.12 bits per heavy atom. The van der Waals surface area contributed by atoms with Crippen molar-refractivity contribution in [2.75, 3.05) is 24.6 Å². The summed E-state index contributed by atoms with van der Waals surface area (Å²) in [7, 11) is -2.97. The van der Waals surface area contributed by atoms with E-state index in [0.717, 1.165) is 0 Å². The standard InChI is InChI=1S/C15H18Cl2N2O4S/c16-12-2-1-11(8-13(12)17)15(21)19-5-4-18-14(20)7-10-3-6-24(22,23)9-10/h1-2,8,10H,3-7,9H2,(H,18,20)(H,19,21). The summed E-state index contributed by atoms with van der Waals surface area (Å²) < 4.78 is 22.7. The van der Waals surface area contributed by atoms with E-state index < -0.39 is 9.84 Å². The number of nitrogens with one attached hydrogen (secondary N) is 2. The third-order valence-corrected chi connectivity index (χ3v) is 6.29. The average molecular weight is 393 g/mol. The Morgan fingerprint density at radius 3 is 2.46 bits per heavy atom. The fourth-order valence-corrected chi connectivity index (χ4v) is 4.64. The highest BCUT2D eigenvalue weighted by molar-refractivity contribution is 7.91. The van der Waals surface area contributed by atoms with Crippen molar-refractivity contribution in [3.63, 3.8) is 0 Å². The quantitative estimate of drug-likeness (QED) is 0.720. The number of benzene rings is 1. The summed E-state index contributed by atoms with van der Waals surface area (Å²) >= 11 is 11.6. The number of carbonyl (C=O) groups is 2. The second-order valence-corrected chi connectivity index (χ2v) is 8.75. The first-order valence-electron chi connectivity index (χ1n) is 7.47. The first-order chi connectivity index (χ1) is 11.3. The molecule has 0 bridgehead atoms. The van der Waals surface area contributed by atoms with Crippen molar-refractivity contribution in [2.45, 2.75) is 12.8 Å². The van der Waals surface area contributed by atoms with Gasteiger partial charge in [-0.3, -0.25) is 9.59 Å². The van der Waals surface area contributed by atoms with E-state index in [9.17, 15) is 18.0 Å². The number of sulfone groups is 1. The van der Waals surface area contributed by atoms with Gasteiger partial charge >= 0.3 is 0 Å². The molecule has 1 aromatic carbocycles. The minimum Gasteiger partial charge on any atom is -0.354 e. The monoisotopic (exact) mass is 392 g/mol. The van der Waals surface area contributed by atoms with Crippen LogP contribution in [0.2, 0.25) is 10.0 Å². The molecule has 2 rings (SSSR count). The Labute approximate surface area is 150 Å². The van der Waals surface area contributed by atoms with Gasteiger partial charge in [0.15, 0.2) is 9.84 Å². The third kappa shape index (κ3) is 5.65. The lowest BCUT2D eigenvalue weighted by molar-refractivity contribution is -0.121. The SMILES string of the molecule is O=C(CC1CCS(=O)(=O)C1)NCCNC(=O)c1ccc(Cl)c(Cl)c1. The molecule has 1 aliphatic heterocycles. The van der Waals surface area contributed by atoms with E-state index >= 15 is 0 Å². The van der Waals surface area contributed by atoms with Gasteiger partial charge in [-0.15, -0.1) is 0 Å². The number of hydrogen-bond donors (Lipinski definition) is 2. The van der Waals surface area contributed by atoms with Crippen LogP contribution in [0.15, 0.2) is 18.2 Å². The van der Waals surface area contributed by atoms with E-state index in [2.05, 4.69) is 10.6 Å². The molecule has 1 aromatic rings. The van der Waals surface area contributed by atoms with Gasteiger partial charge in [0, 0.05) is 25.1 Å². The second-order valence-electron chi connectivity index (χ2n) is 5.71. The fourth-order valence-electron chi connectivity index (χ4n) is 2.48. The minimum atomic E-state index is -2.97. The van der Waals surface area contributed by atoms with Crippen molar-refractivity contribution in [1.29, 1.82) is 0 Å². The minimum absolute atomic E-state index is 0.0779. The van der Waals surface area contributed by atoms with Crippen molar-refractivity contribution < 1.29 is 18.0 Å². The van der Waals surface area contributed by atoms with Gasteiger partial charge in [-0.05, 0) is 30.5 Å². The first-order valence-corrected chi connectivity index (χ1v) is 10.0. The highest BCUT2D eigenvalue weighted by Crippen LogP contribution is 2.22. The van der Waals surface area contributed by atoms with Crippen LogP contribution in [-0.2, 0) is 14.6 Å². The molecule has 0 spiro atoms. The van der Waals surface area contributed by atoms with E-state index in [0.29, 0.717) is 22.0 Å². The molecule has 0 aliphatic carbocycles. The lowest BCUT2D eigenvalue weighted by Crippen LogP contribution is -2.35. The first kappa shape index (κ1) is 19.0. The van der Waals surface area contributed by atoms with E-state index in [4.69, 9.17) is 23.2 Å². The lowest BCUT2D eigenvalue weighted by atomic mass is 10.1. The molecule has 132 valence electrons. The van der Waals surface area contributed by atoms with Crippen LogP contribution < -0.4 is 10.6 Å². The van der Waals surface area contributed by atoms with E-state index in [1.165, 1.54) is 12.1 Å². The number of halogens is 2. The largest absolute Gasteiger partial charge is 0.354 e. The summed E-state index contributed by atoms with van der Waals surface area (Å²) in [6.07, 6.45) is 0.726. The molecule has 24 heavy (non-hydrogen) atoms. The van der Waals surface area contributed by atoms with Crippen molar-refractivity contribution in [3.05, 3.63) is 33.8 Å². The average Bonchev–Trinajstić information content (AvgIpc) is 2.85. The fraction of sp³-hybridized carbons (Fsp3) is 0.467. The van der Waals surface area contributed by atoms with Crippen LogP contribution in [0.3, 0.4) is 0 Å². The van der Waals surface area contributed by atoms with Gasteiger partial charge in [-0.1, -0.05) is 23.2 Å². The van der Waals surface area contributed by atoms with Crippen LogP contribution in [0, 0.1) is 5.92 Å². The smallest absolute Gasteiger partial charge is 0.251 e. The molecule has 2 N–H and O–H groups in total. The molecule has 1 fully saturated rings. The summed E-state index contributed by atoms with van der Waals surface area (Å²) in [5.74, 6) is -0.398. The second kappa shape index (κ2) is 8.18. The zero-order valence-electron chi connectivity index (χ0n) is 12.8. The molecule has 0 saturated carbocycles. The Kier molecular flexibility index (Phi) is 6.48. The van der Waals surface area contributed by atoms with Gasteiger partial charge in [-0.25, -0.2) is 8.42 Å². The summed E-state index contributed by atoms with van der Waals surface area (Å²) in [5.41, 5.74) is 0.381. The molecule has 1 unspecified atom stereocenters. The number of carbonyl (C=O) groups excluding carboxylic acids is 2. The van der Waals surface area contributed by atoms with Crippen LogP contribution in [0.5, 0.6) is 0 Å². The van der Waals surface area contributed by atoms with E-state index in [1.54, 1.807) is 6.07 Å². The van der Waals surface area contributed by atoms with E-state index in [1.807, 2.05) is 0 Å². The zero-order chi connectivity index (χ0) is 17.7. The van der Waals surface area contributed by atoms with Crippen molar-refractivity contribution >= 4 is 44.9 Å². The molecular weight excluding hydrogens is 375 g/mol. The van der Waals surface area contributed by atoms with Crippen LogP contribution in [0.1, 0.15) is 23.2 Å². The number of rotatable bonds is 6. The predicted octanol–water partition coefficient (Wildman–Crippen LogP) is 1.66. The van der Waals surface area contributed by atoms with Crippen LogP contribution in [-0.4, -0.2) is 44.8 Å². The predicted molar refractivity (Wildman–Crippen MR) is 93.2 cm³/mol.